The smallest absolute Gasteiger partial charge is 0.289 e. The number of benzene rings is 3. The fourth-order valence-electron chi connectivity index (χ4n) is 3.57. The fourth-order valence-corrected chi connectivity index (χ4v) is 4.85. The molecule has 0 radical (unpaired) electrons. The number of hydrogen-bond donors (Lipinski definition) is 0. The molecule has 176 valence electrons. The van der Waals surface area contributed by atoms with E-state index in [2.05, 4.69) is 0 Å². The topological polar surface area (TPSA) is 55.8 Å². The molecule has 2 amide bonds. The van der Waals surface area contributed by atoms with Gasteiger partial charge in [0.15, 0.2) is 11.5 Å². The van der Waals surface area contributed by atoms with Crippen molar-refractivity contribution in [1.82, 2.24) is 4.90 Å². The van der Waals surface area contributed by atoms with Crippen molar-refractivity contribution in [3.63, 3.8) is 0 Å². The minimum atomic E-state index is -0.477. The van der Waals surface area contributed by atoms with Crippen LogP contribution in [-0.4, -0.2) is 27.9 Å². The minimum Gasteiger partial charge on any atom is -0.490 e. The van der Waals surface area contributed by atoms with E-state index in [4.69, 9.17) is 32.7 Å². The van der Waals surface area contributed by atoms with Gasteiger partial charge in [0.2, 0.25) is 5.91 Å². The molecule has 0 N–H and O–H groups in total. The monoisotopic (exact) mass is 515 g/mol. The number of imide groups is 1. The maximum atomic E-state index is 12.9. The van der Waals surface area contributed by atoms with E-state index < -0.39 is 5.25 Å². The van der Waals surface area contributed by atoms with Gasteiger partial charge in [0, 0.05) is 10.0 Å². The molecule has 5 nitrogen and oxygen atoms in total. The van der Waals surface area contributed by atoms with E-state index >= 15 is 0 Å². The molecule has 3 aromatic carbocycles. The number of ether oxygens (including phenoxy) is 2. The summed E-state index contributed by atoms with van der Waals surface area (Å²) >= 11 is 12.9. The van der Waals surface area contributed by atoms with Crippen molar-refractivity contribution < 1.29 is 19.1 Å². The number of rotatable bonds is 9. The SMILES string of the molecule is CCOc1cc(C[C@@H]2SC(=O)N(Cc3ccc(Cl)cc3)C2=O)ccc1OCc1ccc(Cl)cc1. The van der Waals surface area contributed by atoms with Gasteiger partial charge in [0.25, 0.3) is 5.24 Å². The van der Waals surface area contributed by atoms with Crippen molar-refractivity contribution in [2.75, 3.05) is 6.61 Å². The van der Waals surface area contributed by atoms with E-state index in [-0.39, 0.29) is 17.7 Å². The normalized spacial score (nSPS) is 15.6. The highest BCUT2D eigenvalue weighted by atomic mass is 35.5. The van der Waals surface area contributed by atoms with Crippen molar-refractivity contribution in [3.05, 3.63) is 93.5 Å². The van der Waals surface area contributed by atoms with Gasteiger partial charge in [-0.05, 0) is 66.4 Å². The molecule has 0 aliphatic carbocycles. The van der Waals surface area contributed by atoms with Crippen LogP contribution in [0.3, 0.4) is 0 Å². The Hall–Kier alpha value is -2.67. The zero-order valence-corrected chi connectivity index (χ0v) is 20.8. The molecule has 1 heterocycles. The molecule has 1 saturated heterocycles. The molecule has 3 aromatic rings. The molecule has 8 heteroatoms. The Kier molecular flexibility index (Phi) is 8.03. The van der Waals surface area contributed by atoms with Gasteiger partial charge in [0.05, 0.1) is 18.4 Å². The summed E-state index contributed by atoms with van der Waals surface area (Å²) in [6.07, 6.45) is 0.421. The third-order valence-corrected chi connectivity index (χ3v) is 6.87. The van der Waals surface area contributed by atoms with E-state index in [1.54, 1.807) is 12.1 Å². The lowest BCUT2D eigenvalue weighted by Crippen LogP contribution is -2.31. The highest BCUT2D eigenvalue weighted by Gasteiger charge is 2.39. The second-order valence-electron chi connectivity index (χ2n) is 7.76. The first-order valence-corrected chi connectivity index (χ1v) is 12.5. The number of halogens is 2. The van der Waals surface area contributed by atoms with Crippen LogP contribution in [0.1, 0.15) is 23.6 Å². The van der Waals surface area contributed by atoms with Crippen molar-refractivity contribution in [1.29, 1.82) is 0 Å². The van der Waals surface area contributed by atoms with Gasteiger partial charge in [-0.25, -0.2) is 0 Å². The number of amides is 2. The summed E-state index contributed by atoms with van der Waals surface area (Å²) < 4.78 is 11.7. The average Bonchev–Trinajstić information content (AvgIpc) is 3.08. The van der Waals surface area contributed by atoms with Crippen LogP contribution < -0.4 is 9.47 Å². The van der Waals surface area contributed by atoms with Gasteiger partial charge in [0.1, 0.15) is 6.61 Å². The van der Waals surface area contributed by atoms with E-state index in [0.29, 0.717) is 41.2 Å². The largest absolute Gasteiger partial charge is 0.490 e. The van der Waals surface area contributed by atoms with E-state index in [0.717, 1.165) is 28.5 Å². The van der Waals surface area contributed by atoms with E-state index in [1.165, 1.54) is 4.90 Å². The first kappa shape index (κ1) is 24.5. The number of carbonyl (C=O) groups is 2. The number of nitrogens with zero attached hydrogens (tertiary/aromatic N) is 1. The summed E-state index contributed by atoms with van der Waals surface area (Å²) in [5.74, 6) is 1.03. The standard InChI is InChI=1S/C26H23Cl2NO4S/c1-2-32-23-13-19(7-12-22(23)33-16-18-5-10-21(28)11-6-18)14-24-25(30)29(26(31)34-24)15-17-3-8-20(27)9-4-17/h3-13,24H,2,14-16H2,1H3/t24-/m0/s1. The van der Waals surface area contributed by atoms with Crippen molar-refractivity contribution in [3.8, 4) is 11.5 Å². The molecule has 0 spiro atoms. The predicted octanol–water partition coefficient (Wildman–Crippen LogP) is 6.78. The molecule has 34 heavy (non-hydrogen) atoms. The Morgan fingerprint density at radius 2 is 1.44 bits per heavy atom. The fraction of sp³-hybridized carbons (Fsp3) is 0.231. The van der Waals surface area contributed by atoms with Gasteiger partial charge in [-0.3, -0.25) is 14.5 Å². The molecule has 0 unspecified atom stereocenters. The summed E-state index contributed by atoms with van der Waals surface area (Å²) in [6.45, 7) is 2.99. The highest BCUT2D eigenvalue weighted by Crippen LogP contribution is 2.34. The molecule has 1 fully saturated rings. The summed E-state index contributed by atoms with van der Waals surface area (Å²) in [5.41, 5.74) is 2.74. The molecule has 4 rings (SSSR count). The Morgan fingerprint density at radius 1 is 0.824 bits per heavy atom. The van der Waals surface area contributed by atoms with Crippen LogP contribution in [0.25, 0.3) is 0 Å². The summed E-state index contributed by atoms with van der Waals surface area (Å²) in [7, 11) is 0. The van der Waals surface area contributed by atoms with Crippen LogP contribution in [0.4, 0.5) is 4.79 Å². The number of thioether (sulfide) groups is 1. The first-order chi connectivity index (χ1) is 16.4. The molecule has 0 bridgehead atoms. The van der Waals surface area contributed by atoms with Gasteiger partial charge in [-0.2, -0.15) is 0 Å². The molecule has 0 saturated carbocycles. The number of hydrogen-bond acceptors (Lipinski definition) is 5. The molecule has 1 aliphatic rings. The van der Waals surface area contributed by atoms with Gasteiger partial charge < -0.3 is 9.47 Å². The number of carbonyl (C=O) groups excluding carboxylic acids is 2. The summed E-state index contributed by atoms with van der Waals surface area (Å²) in [4.78, 5) is 26.8. The van der Waals surface area contributed by atoms with Crippen molar-refractivity contribution in [2.24, 2.45) is 0 Å². The van der Waals surface area contributed by atoms with Gasteiger partial charge >= 0.3 is 0 Å². The second-order valence-corrected chi connectivity index (χ2v) is 9.78. The van der Waals surface area contributed by atoms with Crippen LogP contribution in [0, 0.1) is 0 Å². The Labute approximate surface area is 212 Å². The van der Waals surface area contributed by atoms with Crippen molar-refractivity contribution >= 4 is 46.1 Å². The first-order valence-electron chi connectivity index (χ1n) is 10.8. The van der Waals surface area contributed by atoms with Crippen LogP contribution in [0.5, 0.6) is 11.5 Å². The van der Waals surface area contributed by atoms with Gasteiger partial charge in [-0.1, -0.05) is 65.3 Å². The minimum absolute atomic E-state index is 0.189. The summed E-state index contributed by atoms with van der Waals surface area (Å²) in [6, 6.07) is 20.2. The van der Waals surface area contributed by atoms with Crippen LogP contribution in [-0.2, 0) is 24.4 Å². The molecule has 1 atom stereocenters. The van der Waals surface area contributed by atoms with Crippen LogP contribution in [0.2, 0.25) is 10.0 Å². The molecule has 1 aliphatic heterocycles. The van der Waals surface area contributed by atoms with E-state index in [9.17, 15) is 9.59 Å². The maximum absolute atomic E-state index is 12.9. The highest BCUT2D eigenvalue weighted by molar-refractivity contribution is 8.15. The molecular formula is C26H23Cl2NO4S. The maximum Gasteiger partial charge on any atom is 0.289 e. The molecular weight excluding hydrogens is 493 g/mol. The average molecular weight is 516 g/mol. The quantitative estimate of drug-likeness (QED) is 0.314. The lowest BCUT2D eigenvalue weighted by molar-refractivity contribution is -0.127. The third-order valence-electron chi connectivity index (χ3n) is 5.30. The van der Waals surface area contributed by atoms with Crippen molar-refractivity contribution in [2.45, 2.75) is 31.7 Å². The second kappa shape index (κ2) is 11.2. The lowest BCUT2D eigenvalue weighted by atomic mass is 10.1. The lowest BCUT2D eigenvalue weighted by Gasteiger charge is -2.15. The summed E-state index contributed by atoms with van der Waals surface area (Å²) in [5, 5.41) is 0.571. The van der Waals surface area contributed by atoms with E-state index in [1.807, 2.05) is 61.5 Å². The Morgan fingerprint density at radius 3 is 2.09 bits per heavy atom. The third kappa shape index (κ3) is 6.06. The Bertz CT molecular complexity index is 1170. The predicted molar refractivity (Wildman–Crippen MR) is 136 cm³/mol. The zero-order valence-electron chi connectivity index (χ0n) is 18.5. The molecule has 0 aromatic heterocycles. The van der Waals surface area contributed by atoms with Crippen LogP contribution in [0.15, 0.2) is 66.7 Å². The van der Waals surface area contributed by atoms with Crippen LogP contribution >= 0.6 is 35.0 Å². The zero-order chi connectivity index (χ0) is 24.1. The van der Waals surface area contributed by atoms with Gasteiger partial charge in [-0.15, -0.1) is 0 Å². The Balaban J connectivity index is 1.42.